The van der Waals surface area contributed by atoms with E-state index in [4.69, 9.17) is 0 Å². The molecule has 2 rings (SSSR count). The van der Waals surface area contributed by atoms with E-state index < -0.39 is 5.60 Å². The fourth-order valence-electron chi connectivity index (χ4n) is 2.21. The molecule has 1 aromatic carbocycles. The van der Waals surface area contributed by atoms with Crippen molar-refractivity contribution in [2.75, 3.05) is 18.4 Å². The highest BCUT2D eigenvalue weighted by Gasteiger charge is 2.21. The standard InChI is InChI=1S/C17H23N3O2S/c1-5-20(11-17(3,4)22)16(21)19-14-8-6-7-13(9-14)15-18-12(2)10-23-15/h6-10,22H,5,11H2,1-4H3,(H,19,21). The third-order valence-electron chi connectivity index (χ3n) is 3.23. The van der Waals surface area contributed by atoms with Gasteiger partial charge in [-0.3, -0.25) is 0 Å². The van der Waals surface area contributed by atoms with Gasteiger partial charge in [-0.1, -0.05) is 12.1 Å². The van der Waals surface area contributed by atoms with Crippen LogP contribution in [-0.2, 0) is 0 Å². The van der Waals surface area contributed by atoms with Crippen molar-refractivity contribution in [3.05, 3.63) is 35.3 Å². The molecule has 23 heavy (non-hydrogen) atoms. The second kappa shape index (κ2) is 7.10. The lowest BCUT2D eigenvalue weighted by Crippen LogP contribution is -2.44. The highest BCUT2D eigenvalue weighted by atomic mass is 32.1. The summed E-state index contributed by atoms with van der Waals surface area (Å²) in [6.07, 6.45) is 0. The lowest BCUT2D eigenvalue weighted by atomic mass is 10.1. The van der Waals surface area contributed by atoms with E-state index in [2.05, 4.69) is 10.3 Å². The van der Waals surface area contributed by atoms with E-state index in [9.17, 15) is 9.90 Å². The van der Waals surface area contributed by atoms with Gasteiger partial charge >= 0.3 is 6.03 Å². The van der Waals surface area contributed by atoms with Crippen LogP contribution in [0, 0.1) is 6.92 Å². The molecule has 0 saturated heterocycles. The lowest BCUT2D eigenvalue weighted by molar-refractivity contribution is 0.0501. The number of thiazole rings is 1. The quantitative estimate of drug-likeness (QED) is 0.876. The molecule has 0 atom stereocenters. The Kier molecular flexibility index (Phi) is 5.38. The lowest BCUT2D eigenvalue weighted by Gasteiger charge is -2.28. The van der Waals surface area contributed by atoms with Gasteiger partial charge in [0.25, 0.3) is 0 Å². The van der Waals surface area contributed by atoms with Crippen molar-refractivity contribution in [2.24, 2.45) is 0 Å². The van der Waals surface area contributed by atoms with Crippen molar-refractivity contribution >= 4 is 23.1 Å². The Hall–Kier alpha value is -1.92. The van der Waals surface area contributed by atoms with Gasteiger partial charge in [-0.2, -0.15) is 0 Å². The van der Waals surface area contributed by atoms with Gasteiger partial charge in [-0.25, -0.2) is 9.78 Å². The molecule has 5 nitrogen and oxygen atoms in total. The third-order valence-corrected chi connectivity index (χ3v) is 4.24. The van der Waals surface area contributed by atoms with E-state index in [1.54, 1.807) is 30.1 Å². The number of aryl methyl sites for hydroxylation is 1. The summed E-state index contributed by atoms with van der Waals surface area (Å²) in [5.41, 5.74) is 1.76. The van der Waals surface area contributed by atoms with Crippen LogP contribution in [0.25, 0.3) is 10.6 Å². The van der Waals surface area contributed by atoms with E-state index in [0.29, 0.717) is 6.54 Å². The molecule has 2 aromatic rings. The fraction of sp³-hybridized carbons (Fsp3) is 0.412. The van der Waals surface area contributed by atoms with Crippen molar-refractivity contribution in [1.82, 2.24) is 9.88 Å². The van der Waals surface area contributed by atoms with E-state index in [1.165, 1.54) is 0 Å². The van der Waals surface area contributed by atoms with Gasteiger partial charge in [-0.15, -0.1) is 11.3 Å². The number of nitrogens with one attached hydrogen (secondary N) is 1. The number of carbonyl (C=O) groups is 1. The average molecular weight is 333 g/mol. The summed E-state index contributed by atoms with van der Waals surface area (Å²) in [4.78, 5) is 18.4. The minimum Gasteiger partial charge on any atom is -0.389 e. The Labute approximate surface area is 141 Å². The van der Waals surface area contributed by atoms with Gasteiger partial charge < -0.3 is 15.3 Å². The van der Waals surface area contributed by atoms with Gasteiger partial charge in [0, 0.05) is 28.9 Å². The van der Waals surface area contributed by atoms with Crippen molar-refractivity contribution in [2.45, 2.75) is 33.3 Å². The molecule has 0 aliphatic heterocycles. The minimum absolute atomic E-state index is 0.220. The van der Waals surface area contributed by atoms with Crippen LogP contribution >= 0.6 is 11.3 Å². The van der Waals surface area contributed by atoms with Gasteiger partial charge in [0.15, 0.2) is 0 Å². The summed E-state index contributed by atoms with van der Waals surface area (Å²) in [6, 6.07) is 7.41. The number of aromatic nitrogens is 1. The Morgan fingerprint density at radius 3 is 2.74 bits per heavy atom. The van der Waals surface area contributed by atoms with Crippen LogP contribution in [0.2, 0.25) is 0 Å². The predicted molar refractivity (Wildman–Crippen MR) is 94.9 cm³/mol. The second-order valence-electron chi connectivity index (χ2n) is 6.13. The van der Waals surface area contributed by atoms with Gasteiger partial charge in [0.2, 0.25) is 0 Å². The Balaban J connectivity index is 2.12. The molecule has 0 aliphatic carbocycles. The Morgan fingerprint density at radius 2 is 2.17 bits per heavy atom. The van der Waals surface area contributed by atoms with E-state index >= 15 is 0 Å². The van der Waals surface area contributed by atoms with Crippen molar-refractivity contribution in [1.29, 1.82) is 0 Å². The highest BCUT2D eigenvalue weighted by Crippen LogP contribution is 2.26. The summed E-state index contributed by atoms with van der Waals surface area (Å²) in [6.45, 7) is 8.03. The number of benzene rings is 1. The number of nitrogens with zero attached hydrogens (tertiary/aromatic N) is 2. The molecule has 0 aliphatic rings. The average Bonchev–Trinajstić information content (AvgIpc) is 2.90. The smallest absolute Gasteiger partial charge is 0.321 e. The second-order valence-corrected chi connectivity index (χ2v) is 6.99. The maximum Gasteiger partial charge on any atom is 0.321 e. The number of hydrogen-bond donors (Lipinski definition) is 2. The molecule has 124 valence electrons. The minimum atomic E-state index is -0.923. The first-order chi connectivity index (χ1) is 10.8. The number of aliphatic hydroxyl groups is 1. The molecule has 0 saturated carbocycles. The molecule has 1 aromatic heterocycles. The monoisotopic (exact) mass is 333 g/mol. The molecule has 0 spiro atoms. The molecule has 0 bridgehead atoms. The summed E-state index contributed by atoms with van der Waals surface area (Å²) >= 11 is 1.58. The number of carbonyl (C=O) groups excluding carboxylic acids is 1. The summed E-state index contributed by atoms with van der Waals surface area (Å²) in [7, 11) is 0. The number of hydrogen-bond acceptors (Lipinski definition) is 4. The van der Waals surface area contributed by atoms with Crippen molar-refractivity contribution < 1.29 is 9.90 Å². The highest BCUT2D eigenvalue weighted by molar-refractivity contribution is 7.13. The first-order valence-corrected chi connectivity index (χ1v) is 8.47. The van der Waals surface area contributed by atoms with Crippen molar-refractivity contribution in [3.8, 4) is 10.6 Å². The molecule has 6 heteroatoms. The molecular formula is C17H23N3O2S. The number of rotatable bonds is 5. The molecule has 1 heterocycles. The maximum atomic E-state index is 12.4. The molecule has 2 amide bonds. The molecule has 2 N–H and O–H groups in total. The van der Waals surface area contributed by atoms with E-state index in [0.717, 1.165) is 22.0 Å². The van der Waals surface area contributed by atoms with E-state index in [-0.39, 0.29) is 12.6 Å². The number of urea groups is 1. The Morgan fingerprint density at radius 1 is 1.43 bits per heavy atom. The van der Waals surface area contributed by atoms with Crippen LogP contribution in [0.4, 0.5) is 10.5 Å². The normalized spacial score (nSPS) is 11.3. The van der Waals surface area contributed by atoms with Crippen molar-refractivity contribution in [3.63, 3.8) is 0 Å². The zero-order valence-corrected chi connectivity index (χ0v) is 14.8. The zero-order chi connectivity index (χ0) is 17.0. The van der Waals surface area contributed by atoms with Crippen LogP contribution in [-0.4, -0.2) is 39.7 Å². The SMILES string of the molecule is CCN(CC(C)(C)O)C(=O)Nc1cccc(-c2nc(C)cs2)c1. The van der Waals surface area contributed by atoms with Crippen LogP contribution in [0.15, 0.2) is 29.6 Å². The van der Waals surface area contributed by atoms with E-state index in [1.807, 2.05) is 43.5 Å². The molecule has 0 unspecified atom stereocenters. The number of anilines is 1. The first kappa shape index (κ1) is 17.4. The summed E-state index contributed by atoms with van der Waals surface area (Å²) < 4.78 is 0. The first-order valence-electron chi connectivity index (χ1n) is 7.59. The fourth-order valence-corrected chi connectivity index (χ4v) is 3.01. The number of likely N-dealkylation sites (N-methyl/N-ethyl adjacent to an activating group) is 1. The number of amides is 2. The van der Waals surface area contributed by atoms with Crippen LogP contribution in [0.1, 0.15) is 26.5 Å². The van der Waals surface area contributed by atoms with Crippen LogP contribution in [0.5, 0.6) is 0 Å². The third kappa shape index (κ3) is 5.04. The molecule has 0 fully saturated rings. The summed E-state index contributed by atoms with van der Waals surface area (Å²) in [5.74, 6) is 0. The van der Waals surface area contributed by atoms with Gasteiger partial charge in [-0.05, 0) is 39.8 Å². The van der Waals surface area contributed by atoms with Gasteiger partial charge in [0.05, 0.1) is 12.1 Å². The molecular weight excluding hydrogens is 310 g/mol. The van der Waals surface area contributed by atoms with Gasteiger partial charge in [0.1, 0.15) is 5.01 Å². The predicted octanol–water partition coefficient (Wildman–Crippen LogP) is 3.74. The zero-order valence-electron chi connectivity index (χ0n) is 14.0. The molecule has 0 radical (unpaired) electrons. The largest absolute Gasteiger partial charge is 0.389 e. The topological polar surface area (TPSA) is 65.5 Å². The summed E-state index contributed by atoms with van der Waals surface area (Å²) in [5, 5.41) is 15.7. The maximum absolute atomic E-state index is 12.4. The van der Waals surface area contributed by atoms with Crippen LogP contribution in [0.3, 0.4) is 0 Å². The van der Waals surface area contributed by atoms with Crippen LogP contribution < -0.4 is 5.32 Å². The Bertz CT molecular complexity index is 676.